The Hall–Kier alpha value is -4.09. The number of hydrogen-bond donors (Lipinski definition) is 0. The summed E-state index contributed by atoms with van der Waals surface area (Å²) in [6.07, 6.45) is 1.51. The largest absolute Gasteiger partial charge is 0.493 e. The van der Waals surface area contributed by atoms with Crippen molar-refractivity contribution in [2.24, 2.45) is 4.99 Å². The molecule has 0 amide bonds. The van der Waals surface area contributed by atoms with Crippen LogP contribution in [-0.2, 0) is 19.1 Å². The molecule has 2 heterocycles. The van der Waals surface area contributed by atoms with Gasteiger partial charge in [-0.15, -0.1) is 0 Å². The number of hydrogen-bond acceptors (Lipinski definition) is 10. The molecular formula is C30H31ClN2O8S. The summed E-state index contributed by atoms with van der Waals surface area (Å²) in [5.74, 6) is -0.159. The third kappa shape index (κ3) is 6.37. The maximum Gasteiger partial charge on any atom is 0.343 e. The monoisotopic (exact) mass is 614 g/mol. The highest BCUT2D eigenvalue weighted by Crippen LogP contribution is 2.38. The lowest BCUT2D eigenvalue weighted by atomic mass is 9.95. The lowest BCUT2D eigenvalue weighted by molar-refractivity contribution is -0.143. The lowest BCUT2D eigenvalue weighted by Crippen LogP contribution is -2.40. The molecule has 42 heavy (non-hydrogen) atoms. The van der Waals surface area contributed by atoms with E-state index in [0.29, 0.717) is 31.9 Å². The molecule has 0 saturated carbocycles. The zero-order valence-electron chi connectivity index (χ0n) is 24.1. The van der Waals surface area contributed by atoms with Crippen LogP contribution in [0.4, 0.5) is 0 Å². The zero-order valence-corrected chi connectivity index (χ0v) is 25.6. The first-order valence-corrected chi connectivity index (χ1v) is 14.3. The SMILES string of the molecule is CCOC(=O)C1=C(C)N=c2s/c(=C/c3cc(Cl)c(OCC(=O)OC)c(OC)c3)c(=O)n2[C@H]1c1ccccc1OC(C)C. The van der Waals surface area contributed by atoms with Gasteiger partial charge in [0.05, 0.1) is 47.8 Å². The van der Waals surface area contributed by atoms with E-state index in [-0.39, 0.29) is 47.0 Å². The maximum atomic E-state index is 14.0. The molecule has 1 aromatic heterocycles. The Kier molecular flexibility index (Phi) is 9.74. The van der Waals surface area contributed by atoms with Gasteiger partial charge in [0.2, 0.25) is 0 Å². The Morgan fingerprint density at radius 1 is 1.17 bits per heavy atom. The van der Waals surface area contributed by atoms with Crippen LogP contribution in [0.15, 0.2) is 57.5 Å². The van der Waals surface area contributed by atoms with Crippen molar-refractivity contribution in [1.82, 2.24) is 4.57 Å². The number of benzene rings is 2. The van der Waals surface area contributed by atoms with Crippen molar-refractivity contribution in [3.05, 3.63) is 83.5 Å². The first kappa shape index (κ1) is 30.9. The van der Waals surface area contributed by atoms with E-state index >= 15 is 0 Å². The number of carbonyl (C=O) groups is 2. The highest BCUT2D eigenvalue weighted by atomic mass is 35.5. The molecule has 0 spiro atoms. The van der Waals surface area contributed by atoms with Crippen LogP contribution in [0, 0.1) is 0 Å². The van der Waals surface area contributed by atoms with Crippen LogP contribution in [0.5, 0.6) is 17.2 Å². The topological polar surface area (TPSA) is 115 Å². The summed E-state index contributed by atoms with van der Waals surface area (Å²) in [6.45, 7) is 7.06. The lowest BCUT2D eigenvalue weighted by Gasteiger charge is -2.26. The van der Waals surface area contributed by atoms with Gasteiger partial charge in [-0.1, -0.05) is 41.1 Å². The van der Waals surface area contributed by atoms with Gasteiger partial charge in [-0.2, -0.15) is 0 Å². The zero-order chi connectivity index (χ0) is 30.6. The quantitative estimate of drug-likeness (QED) is 0.317. The van der Waals surface area contributed by atoms with Gasteiger partial charge < -0.3 is 23.7 Å². The molecular weight excluding hydrogens is 584 g/mol. The number of nitrogens with zero attached hydrogens (tertiary/aromatic N) is 2. The van der Waals surface area contributed by atoms with Crippen LogP contribution in [0.25, 0.3) is 6.08 Å². The molecule has 0 aliphatic carbocycles. The molecule has 0 radical (unpaired) electrons. The van der Waals surface area contributed by atoms with Gasteiger partial charge in [0.25, 0.3) is 5.56 Å². The van der Waals surface area contributed by atoms with Crippen LogP contribution < -0.4 is 29.1 Å². The summed E-state index contributed by atoms with van der Waals surface area (Å²) in [4.78, 5) is 43.8. The second-order valence-electron chi connectivity index (χ2n) is 9.41. The summed E-state index contributed by atoms with van der Waals surface area (Å²) in [6, 6.07) is 9.69. The average molecular weight is 615 g/mol. The Bertz CT molecular complexity index is 1720. The van der Waals surface area contributed by atoms with Gasteiger partial charge in [0.1, 0.15) is 11.8 Å². The number of ether oxygens (including phenoxy) is 5. The smallest absolute Gasteiger partial charge is 0.343 e. The van der Waals surface area contributed by atoms with Crippen molar-refractivity contribution in [3.8, 4) is 17.2 Å². The molecule has 1 atom stereocenters. The van der Waals surface area contributed by atoms with E-state index in [4.69, 9.17) is 30.5 Å². The van der Waals surface area contributed by atoms with E-state index in [0.717, 1.165) is 0 Å². The fraction of sp³-hybridized carbons (Fsp3) is 0.333. The maximum absolute atomic E-state index is 14.0. The fourth-order valence-electron chi connectivity index (χ4n) is 4.46. The predicted molar refractivity (Wildman–Crippen MR) is 158 cm³/mol. The minimum Gasteiger partial charge on any atom is -0.493 e. The summed E-state index contributed by atoms with van der Waals surface area (Å²) in [5.41, 5.74) is 1.52. The highest BCUT2D eigenvalue weighted by molar-refractivity contribution is 7.07. The first-order valence-electron chi connectivity index (χ1n) is 13.1. The molecule has 0 fully saturated rings. The number of methoxy groups -OCH3 is 2. The Morgan fingerprint density at radius 3 is 2.57 bits per heavy atom. The molecule has 1 aliphatic heterocycles. The summed E-state index contributed by atoms with van der Waals surface area (Å²) in [5, 5.41) is 0.176. The molecule has 3 aromatic rings. The molecule has 222 valence electrons. The number of rotatable bonds is 10. The van der Waals surface area contributed by atoms with Gasteiger partial charge in [0.15, 0.2) is 22.9 Å². The molecule has 12 heteroatoms. The molecule has 2 aromatic carbocycles. The minimum atomic E-state index is -0.829. The molecule has 0 N–H and O–H groups in total. The number of carbonyl (C=O) groups excluding carboxylic acids is 2. The van der Waals surface area contributed by atoms with Gasteiger partial charge in [-0.25, -0.2) is 14.6 Å². The average Bonchev–Trinajstić information content (AvgIpc) is 3.25. The second kappa shape index (κ2) is 13.3. The molecule has 1 aliphatic rings. The van der Waals surface area contributed by atoms with Gasteiger partial charge in [0, 0.05) is 5.56 Å². The van der Waals surface area contributed by atoms with Crippen molar-refractivity contribution >= 4 is 41.0 Å². The molecule has 4 rings (SSSR count). The summed E-state index contributed by atoms with van der Waals surface area (Å²) in [7, 11) is 2.69. The van der Waals surface area contributed by atoms with E-state index in [1.807, 2.05) is 32.0 Å². The summed E-state index contributed by atoms with van der Waals surface area (Å²) < 4.78 is 28.8. The van der Waals surface area contributed by atoms with Crippen molar-refractivity contribution < 1.29 is 33.3 Å². The van der Waals surface area contributed by atoms with Crippen molar-refractivity contribution in [2.75, 3.05) is 27.4 Å². The van der Waals surface area contributed by atoms with Crippen LogP contribution in [0.2, 0.25) is 5.02 Å². The fourth-order valence-corrected chi connectivity index (χ4v) is 5.78. The Morgan fingerprint density at radius 2 is 1.90 bits per heavy atom. The van der Waals surface area contributed by atoms with Gasteiger partial charge >= 0.3 is 11.9 Å². The van der Waals surface area contributed by atoms with Crippen LogP contribution >= 0.6 is 22.9 Å². The molecule has 10 nitrogen and oxygen atoms in total. The van der Waals surface area contributed by atoms with Gasteiger partial charge in [-0.05, 0) is 57.5 Å². The van der Waals surface area contributed by atoms with Crippen molar-refractivity contribution in [3.63, 3.8) is 0 Å². The number of para-hydroxylation sites is 1. The third-order valence-electron chi connectivity index (χ3n) is 6.20. The Labute approximate surface area is 251 Å². The number of thiazole rings is 1. The van der Waals surface area contributed by atoms with Gasteiger partial charge in [-0.3, -0.25) is 9.36 Å². The first-order chi connectivity index (χ1) is 20.1. The number of esters is 2. The van der Waals surface area contributed by atoms with Crippen molar-refractivity contribution in [2.45, 2.75) is 39.8 Å². The normalized spacial score (nSPS) is 14.8. The molecule has 0 unspecified atom stereocenters. The minimum absolute atomic E-state index is 0.141. The number of aromatic nitrogens is 1. The standard InChI is InChI=1S/C30H31ClN2O8S/c1-7-39-29(36)25-17(4)32-30-33(26(25)19-10-8-9-11-21(19)41-16(2)3)28(35)23(42-30)14-18-12-20(31)27(22(13-18)37-5)40-15-24(34)38-6/h8-14,16,26H,7,15H2,1-6H3/b23-14+/t26-/m0/s1. The van der Waals surface area contributed by atoms with Crippen LogP contribution in [0.1, 0.15) is 44.9 Å². The predicted octanol–water partition coefficient (Wildman–Crippen LogP) is 3.80. The van der Waals surface area contributed by atoms with Crippen molar-refractivity contribution in [1.29, 1.82) is 0 Å². The number of fused-ring (bicyclic) bond motifs is 1. The van der Waals surface area contributed by atoms with E-state index in [2.05, 4.69) is 9.73 Å². The number of halogens is 1. The van der Waals surface area contributed by atoms with E-state index in [9.17, 15) is 14.4 Å². The molecule has 0 saturated heterocycles. The van der Waals surface area contributed by atoms with Crippen LogP contribution in [0.3, 0.4) is 0 Å². The van der Waals surface area contributed by atoms with E-state index in [1.165, 1.54) is 30.1 Å². The highest BCUT2D eigenvalue weighted by Gasteiger charge is 2.35. The van der Waals surface area contributed by atoms with E-state index < -0.39 is 18.0 Å². The van der Waals surface area contributed by atoms with Crippen LogP contribution in [-0.4, -0.2) is 50.0 Å². The Balaban J connectivity index is 1.89. The van der Waals surface area contributed by atoms with E-state index in [1.54, 1.807) is 38.1 Å². The molecule has 0 bridgehead atoms. The summed E-state index contributed by atoms with van der Waals surface area (Å²) >= 11 is 7.64. The third-order valence-corrected chi connectivity index (χ3v) is 7.47. The second-order valence-corrected chi connectivity index (χ2v) is 10.8. The number of allylic oxidation sites excluding steroid dienone is 1.